The third kappa shape index (κ3) is 6.27. The van der Waals surface area contributed by atoms with Crippen LogP contribution in [0.5, 0.6) is 0 Å². The van der Waals surface area contributed by atoms with Gasteiger partial charge in [0.05, 0.1) is 5.56 Å². The van der Waals surface area contributed by atoms with Crippen molar-refractivity contribution in [2.45, 2.75) is 0 Å². The van der Waals surface area contributed by atoms with E-state index in [1.807, 2.05) is 36.4 Å². The van der Waals surface area contributed by atoms with Crippen molar-refractivity contribution in [3.05, 3.63) is 119 Å². The third-order valence-electron chi connectivity index (χ3n) is 4.27. The Morgan fingerprint density at radius 1 is 0.742 bits per heavy atom. The Balaban J connectivity index is 1.80. The predicted molar refractivity (Wildman–Crippen MR) is 119 cm³/mol. The molecule has 0 aliphatic rings. The number of carbonyl (C=O) groups is 3. The highest BCUT2D eigenvalue weighted by Crippen LogP contribution is 2.11. The number of benzene rings is 3. The summed E-state index contributed by atoms with van der Waals surface area (Å²) >= 11 is 0. The lowest BCUT2D eigenvalue weighted by atomic mass is 10.2. The van der Waals surface area contributed by atoms with Gasteiger partial charge in [0.25, 0.3) is 11.8 Å². The van der Waals surface area contributed by atoms with E-state index in [1.165, 1.54) is 30.3 Å². The highest BCUT2D eigenvalue weighted by molar-refractivity contribution is 6.08. The molecule has 0 saturated heterocycles. The van der Waals surface area contributed by atoms with E-state index in [4.69, 9.17) is 5.11 Å². The van der Waals surface area contributed by atoms with Gasteiger partial charge in [-0.15, -0.1) is 0 Å². The van der Waals surface area contributed by atoms with Crippen LogP contribution < -0.4 is 10.6 Å². The van der Waals surface area contributed by atoms with Crippen molar-refractivity contribution in [2.75, 3.05) is 5.32 Å². The summed E-state index contributed by atoms with van der Waals surface area (Å²) in [5.41, 5.74) is 1.92. The van der Waals surface area contributed by atoms with Crippen LogP contribution in [0.2, 0.25) is 0 Å². The van der Waals surface area contributed by atoms with E-state index < -0.39 is 17.8 Å². The van der Waals surface area contributed by atoms with E-state index in [9.17, 15) is 14.4 Å². The van der Waals surface area contributed by atoms with Gasteiger partial charge in [-0.3, -0.25) is 9.59 Å². The number of allylic oxidation sites excluding steroid dienone is 2. The van der Waals surface area contributed by atoms with Gasteiger partial charge in [-0.25, -0.2) is 4.79 Å². The molecule has 31 heavy (non-hydrogen) atoms. The number of carboxylic acids is 1. The summed E-state index contributed by atoms with van der Waals surface area (Å²) in [4.78, 5) is 36.3. The van der Waals surface area contributed by atoms with Gasteiger partial charge in [0.2, 0.25) is 0 Å². The first-order valence-corrected chi connectivity index (χ1v) is 9.47. The molecule has 0 saturated carbocycles. The van der Waals surface area contributed by atoms with Crippen molar-refractivity contribution in [1.82, 2.24) is 5.32 Å². The fourth-order valence-corrected chi connectivity index (χ4v) is 2.67. The number of hydrogen-bond acceptors (Lipinski definition) is 3. The molecule has 3 rings (SSSR count). The summed E-state index contributed by atoms with van der Waals surface area (Å²) in [6.45, 7) is 0. The quantitative estimate of drug-likeness (QED) is 0.397. The highest BCUT2D eigenvalue weighted by Gasteiger charge is 2.14. The summed E-state index contributed by atoms with van der Waals surface area (Å²) in [5.74, 6) is -2.01. The van der Waals surface area contributed by atoms with Crippen LogP contribution in [0.3, 0.4) is 0 Å². The average molecular weight is 412 g/mol. The maximum atomic E-state index is 12.8. The van der Waals surface area contributed by atoms with Crippen LogP contribution in [0, 0.1) is 0 Å². The van der Waals surface area contributed by atoms with Gasteiger partial charge in [0, 0.05) is 11.3 Å². The second-order valence-electron chi connectivity index (χ2n) is 6.51. The van der Waals surface area contributed by atoms with E-state index in [0.717, 1.165) is 5.56 Å². The number of anilines is 1. The second kappa shape index (κ2) is 10.4. The number of hydrogen-bond donors (Lipinski definition) is 3. The molecule has 3 aromatic rings. The van der Waals surface area contributed by atoms with Gasteiger partial charge in [0.1, 0.15) is 5.70 Å². The lowest BCUT2D eigenvalue weighted by Gasteiger charge is -2.11. The van der Waals surface area contributed by atoms with Crippen molar-refractivity contribution in [1.29, 1.82) is 0 Å². The van der Waals surface area contributed by atoms with Gasteiger partial charge in [0.15, 0.2) is 0 Å². The molecule has 0 aliphatic heterocycles. The second-order valence-corrected chi connectivity index (χ2v) is 6.51. The highest BCUT2D eigenvalue weighted by atomic mass is 16.4. The van der Waals surface area contributed by atoms with Crippen LogP contribution >= 0.6 is 0 Å². The zero-order chi connectivity index (χ0) is 22.1. The number of nitrogens with one attached hydrogen (secondary N) is 2. The van der Waals surface area contributed by atoms with Gasteiger partial charge in [-0.05, 0) is 48.0 Å². The van der Waals surface area contributed by atoms with E-state index >= 15 is 0 Å². The van der Waals surface area contributed by atoms with E-state index in [0.29, 0.717) is 11.3 Å². The lowest BCUT2D eigenvalue weighted by Crippen LogP contribution is -2.30. The summed E-state index contributed by atoms with van der Waals surface area (Å²) < 4.78 is 0. The molecule has 3 N–H and O–H groups in total. The zero-order valence-electron chi connectivity index (χ0n) is 16.5. The van der Waals surface area contributed by atoms with Gasteiger partial charge < -0.3 is 15.7 Å². The minimum absolute atomic E-state index is 0.0448. The van der Waals surface area contributed by atoms with Crippen molar-refractivity contribution >= 4 is 29.5 Å². The third-order valence-corrected chi connectivity index (χ3v) is 4.27. The van der Waals surface area contributed by atoms with E-state index in [2.05, 4.69) is 10.6 Å². The fraction of sp³-hybridized carbons (Fsp3) is 0. The molecule has 0 aromatic heterocycles. The zero-order valence-corrected chi connectivity index (χ0v) is 16.5. The minimum atomic E-state index is -1.06. The Morgan fingerprint density at radius 3 is 1.97 bits per heavy atom. The van der Waals surface area contributed by atoms with Crippen LogP contribution in [-0.2, 0) is 4.79 Å². The summed E-state index contributed by atoms with van der Waals surface area (Å²) in [6, 6.07) is 23.8. The first kappa shape index (κ1) is 21.3. The molecule has 0 atom stereocenters. The number of amides is 2. The van der Waals surface area contributed by atoms with Crippen molar-refractivity contribution in [3.8, 4) is 0 Å². The maximum Gasteiger partial charge on any atom is 0.335 e. The van der Waals surface area contributed by atoms with Crippen LogP contribution in [-0.4, -0.2) is 22.9 Å². The Morgan fingerprint density at radius 2 is 1.35 bits per heavy atom. The summed E-state index contributed by atoms with van der Waals surface area (Å²) in [7, 11) is 0. The Hall–Kier alpha value is -4.45. The molecule has 0 aliphatic carbocycles. The first-order valence-electron chi connectivity index (χ1n) is 9.47. The molecule has 2 amide bonds. The minimum Gasteiger partial charge on any atom is -0.478 e. The fourth-order valence-electron chi connectivity index (χ4n) is 2.67. The molecule has 0 fully saturated rings. The smallest absolute Gasteiger partial charge is 0.335 e. The largest absolute Gasteiger partial charge is 0.478 e. The van der Waals surface area contributed by atoms with Crippen LogP contribution in [0.4, 0.5) is 5.69 Å². The molecular weight excluding hydrogens is 392 g/mol. The van der Waals surface area contributed by atoms with E-state index in [-0.39, 0.29) is 11.3 Å². The van der Waals surface area contributed by atoms with E-state index in [1.54, 1.807) is 36.4 Å². The van der Waals surface area contributed by atoms with Crippen LogP contribution in [0.15, 0.2) is 103 Å². The van der Waals surface area contributed by atoms with Crippen LogP contribution in [0.1, 0.15) is 26.3 Å². The SMILES string of the molecule is O=C(Nc1ccc(C(=O)O)cc1)C(=CC=Cc1ccccc1)NC(=O)c1ccccc1. The monoisotopic (exact) mass is 412 g/mol. The standard InChI is InChI=1S/C25H20N2O4/c28-23(19-11-5-2-6-12-19)27-22(13-7-10-18-8-3-1-4-9-18)24(29)26-21-16-14-20(15-17-21)25(30)31/h1-17H,(H,26,29)(H,27,28)(H,30,31). The molecule has 154 valence electrons. The van der Waals surface area contributed by atoms with Gasteiger partial charge in [-0.2, -0.15) is 0 Å². The van der Waals surface area contributed by atoms with Crippen LogP contribution in [0.25, 0.3) is 6.08 Å². The topological polar surface area (TPSA) is 95.5 Å². The lowest BCUT2D eigenvalue weighted by molar-refractivity contribution is -0.113. The first-order chi connectivity index (χ1) is 15.0. The molecule has 0 unspecified atom stereocenters. The number of rotatable bonds is 7. The normalized spacial score (nSPS) is 11.2. The Bertz CT molecular complexity index is 1120. The van der Waals surface area contributed by atoms with Crippen molar-refractivity contribution in [3.63, 3.8) is 0 Å². The van der Waals surface area contributed by atoms with Crippen molar-refractivity contribution < 1.29 is 19.5 Å². The molecule has 0 bridgehead atoms. The summed E-state index contributed by atoms with van der Waals surface area (Å²) in [5, 5.41) is 14.3. The molecule has 0 radical (unpaired) electrons. The Labute approximate surface area is 179 Å². The molecular formula is C25H20N2O4. The molecule has 3 aromatic carbocycles. The van der Waals surface area contributed by atoms with Gasteiger partial charge in [-0.1, -0.05) is 60.7 Å². The Kier molecular flexibility index (Phi) is 7.11. The molecule has 6 heteroatoms. The average Bonchev–Trinajstić information content (AvgIpc) is 2.80. The van der Waals surface area contributed by atoms with Gasteiger partial charge >= 0.3 is 5.97 Å². The molecule has 0 heterocycles. The maximum absolute atomic E-state index is 12.8. The number of carbonyl (C=O) groups excluding carboxylic acids is 2. The molecule has 6 nitrogen and oxygen atoms in total. The predicted octanol–water partition coefficient (Wildman–Crippen LogP) is 4.35. The van der Waals surface area contributed by atoms with Crippen molar-refractivity contribution in [2.24, 2.45) is 0 Å². The molecule has 0 spiro atoms. The number of aromatic carboxylic acids is 1. The summed E-state index contributed by atoms with van der Waals surface area (Å²) in [6.07, 6.45) is 4.99. The number of carboxylic acid groups (broad SMARTS) is 1.